The molecule has 0 aliphatic rings. The largest absolute Gasteiger partial charge is 0.370 e. The number of methoxy groups -OCH3 is 1. The molecule has 1 unspecified atom stereocenters. The van der Waals surface area contributed by atoms with E-state index in [0.717, 1.165) is 6.42 Å². The molecule has 5 heteroatoms. The van der Waals surface area contributed by atoms with Crippen LogP contribution in [0.1, 0.15) is 26.1 Å². The molecule has 0 saturated heterocycles. The predicted octanol–water partition coefficient (Wildman–Crippen LogP) is 0.669. The second-order valence-corrected chi connectivity index (χ2v) is 3.21. The monoisotopic (exact) mass is 184 g/mol. The normalized spacial score (nSPS) is 15.7. The number of aryl methyl sites for hydroxylation is 1. The van der Waals surface area contributed by atoms with Crippen molar-refractivity contribution in [2.45, 2.75) is 25.9 Å². The van der Waals surface area contributed by atoms with E-state index in [2.05, 4.69) is 10.1 Å². The Morgan fingerprint density at radius 2 is 2.23 bits per heavy atom. The van der Waals surface area contributed by atoms with Crippen molar-refractivity contribution in [3.63, 3.8) is 0 Å². The van der Waals surface area contributed by atoms with Gasteiger partial charge in [0.15, 0.2) is 5.82 Å². The van der Waals surface area contributed by atoms with Crippen LogP contribution in [0.4, 0.5) is 5.95 Å². The number of ether oxygens (including phenoxy) is 1. The van der Waals surface area contributed by atoms with E-state index >= 15 is 0 Å². The molecule has 5 nitrogen and oxygen atoms in total. The fourth-order valence-electron chi connectivity index (χ4n) is 1.01. The molecule has 0 aliphatic heterocycles. The van der Waals surface area contributed by atoms with Crippen LogP contribution in [0, 0.1) is 0 Å². The third kappa shape index (κ3) is 1.65. The molecular weight excluding hydrogens is 168 g/mol. The van der Waals surface area contributed by atoms with Gasteiger partial charge in [-0.3, -0.25) is 0 Å². The quantitative estimate of drug-likeness (QED) is 0.749. The van der Waals surface area contributed by atoms with Gasteiger partial charge in [0.2, 0.25) is 5.95 Å². The molecule has 0 bridgehead atoms. The highest BCUT2D eigenvalue weighted by Gasteiger charge is 2.29. The van der Waals surface area contributed by atoms with Gasteiger partial charge in [0.25, 0.3) is 0 Å². The topological polar surface area (TPSA) is 66.0 Å². The zero-order valence-electron chi connectivity index (χ0n) is 8.53. The molecule has 74 valence electrons. The molecule has 0 spiro atoms. The average molecular weight is 184 g/mol. The van der Waals surface area contributed by atoms with Gasteiger partial charge in [-0.2, -0.15) is 10.1 Å². The van der Waals surface area contributed by atoms with Crippen LogP contribution in [-0.2, 0) is 17.4 Å². The summed E-state index contributed by atoms with van der Waals surface area (Å²) in [6, 6.07) is 0. The number of nitrogen functional groups attached to an aromatic ring is 1. The van der Waals surface area contributed by atoms with Gasteiger partial charge in [-0.1, -0.05) is 6.92 Å². The summed E-state index contributed by atoms with van der Waals surface area (Å²) < 4.78 is 6.89. The molecule has 0 saturated carbocycles. The molecule has 0 fully saturated rings. The van der Waals surface area contributed by atoms with Crippen LogP contribution in [0.3, 0.4) is 0 Å². The van der Waals surface area contributed by atoms with E-state index in [9.17, 15) is 0 Å². The number of nitrogens with zero attached hydrogens (tertiary/aromatic N) is 3. The Hall–Kier alpha value is -1.10. The molecule has 1 aromatic heterocycles. The summed E-state index contributed by atoms with van der Waals surface area (Å²) >= 11 is 0. The van der Waals surface area contributed by atoms with E-state index in [4.69, 9.17) is 10.5 Å². The number of nitrogens with two attached hydrogens (primary N) is 1. The minimum atomic E-state index is -0.435. The summed E-state index contributed by atoms with van der Waals surface area (Å²) in [7, 11) is 3.41. The number of rotatable bonds is 3. The molecule has 0 aromatic carbocycles. The Kier molecular flexibility index (Phi) is 2.56. The second-order valence-electron chi connectivity index (χ2n) is 3.21. The van der Waals surface area contributed by atoms with E-state index < -0.39 is 5.60 Å². The minimum absolute atomic E-state index is 0.409. The smallest absolute Gasteiger partial charge is 0.218 e. The van der Waals surface area contributed by atoms with Crippen LogP contribution < -0.4 is 5.73 Å². The van der Waals surface area contributed by atoms with Crippen LogP contribution in [0.15, 0.2) is 0 Å². The van der Waals surface area contributed by atoms with Gasteiger partial charge >= 0.3 is 0 Å². The number of hydrogen-bond donors (Lipinski definition) is 1. The van der Waals surface area contributed by atoms with Crippen LogP contribution >= 0.6 is 0 Å². The van der Waals surface area contributed by atoms with Gasteiger partial charge in [-0.05, 0) is 13.3 Å². The van der Waals surface area contributed by atoms with E-state index in [-0.39, 0.29) is 0 Å². The van der Waals surface area contributed by atoms with Crippen molar-refractivity contribution >= 4 is 5.95 Å². The summed E-state index contributed by atoms with van der Waals surface area (Å²) in [4.78, 5) is 4.13. The molecule has 1 atom stereocenters. The van der Waals surface area contributed by atoms with E-state index in [1.165, 1.54) is 0 Å². The highest BCUT2D eigenvalue weighted by molar-refractivity contribution is 5.18. The Morgan fingerprint density at radius 1 is 1.62 bits per heavy atom. The zero-order chi connectivity index (χ0) is 10.1. The zero-order valence-corrected chi connectivity index (χ0v) is 8.53. The maximum absolute atomic E-state index is 5.58. The standard InChI is InChI=1S/C8H16N4O/c1-5-8(2,13-4)6-10-7(9)12(3)11-6/h5H2,1-4H3,(H2,9,10,11). The van der Waals surface area contributed by atoms with E-state index in [1.54, 1.807) is 18.8 Å². The Morgan fingerprint density at radius 3 is 2.54 bits per heavy atom. The van der Waals surface area contributed by atoms with E-state index in [0.29, 0.717) is 11.8 Å². The van der Waals surface area contributed by atoms with Crippen molar-refractivity contribution in [2.75, 3.05) is 12.8 Å². The maximum Gasteiger partial charge on any atom is 0.218 e. The summed E-state index contributed by atoms with van der Waals surface area (Å²) in [5, 5.41) is 4.18. The van der Waals surface area contributed by atoms with Gasteiger partial charge in [0, 0.05) is 14.2 Å². The fraction of sp³-hybridized carbons (Fsp3) is 0.750. The molecule has 1 heterocycles. The summed E-state index contributed by atoms with van der Waals surface area (Å²) in [5.74, 6) is 1.05. The van der Waals surface area contributed by atoms with Gasteiger partial charge < -0.3 is 10.5 Å². The first-order chi connectivity index (χ1) is 6.03. The molecule has 13 heavy (non-hydrogen) atoms. The predicted molar refractivity (Wildman–Crippen MR) is 50.1 cm³/mol. The van der Waals surface area contributed by atoms with Gasteiger partial charge in [-0.15, -0.1) is 0 Å². The fourth-order valence-corrected chi connectivity index (χ4v) is 1.01. The molecule has 0 aliphatic carbocycles. The summed E-state index contributed by atoms with van der Waals surface area (Å²) in [5.41, 5.74) is 5.15. The van der Waals surface area contributed by atoms with Crippen LogP contribution in [0.5, 0.6) is 0 Å². The second kappa shape index (κ2) is 3.33. The van der Waals surface area contributed by atoms with Gasteiger partial charge in [0.1, 0.15) is 5.60 Å². The molecule has 1 aromatic rings. The molecule has 0 radical (unpaired) electrons. The molecule has 0 amide bonds. The molecule has 2 N–H and O–H groups in total. The highest BCUT2D eigenvalue weighted by atomic mass is 16.5. The summed E-state index contributed by atoms with van der Waals surface area (Å²) in [6.07, 6.45) is 0.812. The average Bonchev–Trinajstić information content (AvgIpc) is 2.46. The lowest BCUT2D eigenvalue weighted by molar-refractivity contribution is -0.00896. The van der Waals surface area contributed by atoms with Gasteiger partial charge in [-0.25, -0.2) is 4.68 Å². The lowest BCUT2D eigenvalue weighted by Gasteiger charge is -2.22. The van der Waals surface area contributed by atoms with Crippen LogP contribution in [0.2, 0.25) is 0 Å². The lowest BCUT2D eigenvalue weighted by Crippen LogP contribution is -2.25. The van der Waals surface area contributed by atoms with Crippen LogP contribution in [0.25, 0.3) is 0 Å². The Labute approximate surface area is 77.9 Å². The number of hydrogen-bond acceptors (Lipinski definition) is 4. The molecular formula is C8H16N4O. The highest BCUT2D eigenvalue weighted by Crippen LogP contribution is 2.25. The van der Waals surface area contributed by atoms with Crippen molar-refractivity contribution < 1.29 is 4.74 Å². The lowest BCUT2D eigenvalue weighted by atomic mass is 10.0. The minimum Gasteiger partial charge on any atom is -0.370 e. The number of anilines is 1. The maximum atomic E-state index is 5.58. The third-order valence-corrected chi connectivity index (χ3v) is 2.39. The number of aromatic nitrogens is 3. The SMILES string of the molecule is CCC(C)(OC)c1nc(N)n(C)n1. The first-order valence-electron chi connectivity index (χ1n) is 4.25. The van der Waals surface area contributed by atoms with Crippen molar-refractivity contribution in [3.05, 3.63) is 5.82 Å². The van der Waals surface area contributed by atoms with Crippen molar-refractivity contribution in [1.82, 2.24) is 14.8 Å². The van der Waals surface area contributed by atoms with Crippen molar-refractivity contribution in [1.29, 1.82) is 0 Å². The van der Waals surface area contributed by atoms with Crippen LogP contribution in [-0.4, -0.2) is 21.9 Å². The van der Waals surface area contributed by atoms with Crippen molar-refractivity contribution in [2.24, 2.45) is 7.05 Å². The summed E-state index contributed by atoms with van der Waals surface area (Å²) in [6.45, 7) is 3.97. The van der Waals surface area contributed by atoms with Gasteiger partial charge in [0.05, 0.1) is 0 Å². The molecule has 1 rings (SSSR count). The third-order valence-electron chi connectivity index (χ3n) is 2.39. The van der Waals surface area contributed by atoms with E-state index in [1.807, 2.05) is 13.8 Å². The Balaban J connectivity index is 3.05. The first kappa shape index (κ1) is 9.98. The first-order valence-corrected chi connectivity index (χ1v) is 4.25. The van der Waals surface area contributed by atoms with Crippen molar-refractivity contribution in [3.8, 4) is 0 Å². The Bertz CT molecular complexity index is 271.